The molecule has 1 rings (SSSR count). The lowest BCUT2D eigenvalue weighted by Crippen LogP contribution is -2.45. The summed E-state index contributed by atoms with van der Waals surface area (Å²) >= 11 is 5.65. The average molecular weight is 327 g/mol. The molecular weight excluding hydrogens is 317 g/mol. The van der Waals surface area contributed by atoms with E-state index in [1.54, 1.807) is 0 Å². The van der Waals surface area contributed by atoms with Gasteiger partial charge in [-0.1, -0.05) is 11.6 Å². The Kier molecular flexibility index (Phi) is 5.39. The third-order valence-corrected chi connectivity index (χ3v) is 2.66. The minimum Gasteiger partial charge on any atom is -0.480 e. The number of rotatable bonds is 4. The van der Waals surface area contributed by atoms with Gasteiger partial charge in [0.05, 0.1) is 22.9 Å². The molecule has 4 N–H and O–H groups in total. The van der Waals surface area contributed by atoms with Crippen LogP contribution in [-0.2, 0) is 11.0 Å². The number of hydrogen-bond donors (Lipinski definition) is 4. The fourth-order valence-electron chi connectivity index (χ4n) is 1.30. The van der Waals surface area contributed by atoms with E-state index >= 15 is 0 Å². The van der Waals surface area contributed by atoms with Gasteiger partial charge in [-0.05, 0) is 18.2 Å². The number of aliphatic carboxylic acids is 1. The lowest BCUT2D eigenvalue weighted by atomic mass is 10.2. The summed E-state index contributed by atoms with van der Waals surface area (Å²) in [6.45, 7) is -0.876. The molecule has 0 aliphatic heterocycles. The Balaban J connectivity index is 2.87. The van der Waals surface area contributed by atoms with Crippen LogP contribution in [0.3, 0.4) is 0 Å². The topological polar surface area (TPSA) is 98.7 Å². The van der Waals surface area contributed by atoms with Crippen molar-refractivity contribution in [3.63, 3.8) is 0 Å². The SMILES string of the molecule is O=C(Nc1cc(C(F)(F)F)ccc1Cl)NC(CO)C(=O)O. The summed E-state index contributed by atoms with van der Waals surface area (Å²) in [7, 11) is 0. The van der Waals surface area contributed by atoms with Crippen LogP contribution in [0.25, 0.3) is 0 Å². The summed E-state index contributed by atoms with van der Waals surface area (Å²) in [5.74, 6) is -1.50. The lowest BCUT2D eigenvalue weighted by Gasteiger charge is -2.14. The fraction of sp³-hybridized carbons (Fsp3) is 0.273. The molecular formula is C11H10ClF3N2O4. The number of aliphatic hydroxyl groups excluding tert-OH is 1. The molecule has 116 valence electrons. The van der Waals surface area contributed by atoms with Gasteiger partial charge >= 0.3 is 18.2 Å². The van der Waals surface area contributed by atoms with Crippen molar-refractivity contribution in [3.8, 4) is 0 Å². The Morgan fingerprint density at radius 1 is 1.33 bits per heavy atom. The standard InChI is InChI=1S/C11H10ClF3N2O4/c12-6-2-1-5(11(13,14)15)3-7(6)16-10(21)17-8(4-18)9(19)20/h1-3,8,18H,4H2,(H,19,20)(H2,16,17,21). The molecule has 0 radical (unpaired) electrons. The van der Waals surface area contributed by atoms with Crippen LogP contribution in [0.2, 0.25) is 5.02 Å². The van der Waals surface area contributed by atoms with Gasteiger partial charge in [-0.2, -0.15) is 13.2 Å². The van der Waals surface area contributed by atoms with Gasteiger partial charge < -0.3 is 20.8 Å². The van der Waals surface area contributed by atoms with Gasteiger partial charge in [0.1, 0.15) is 0 Å². The first-order chi connectivity index (χ1) is 9.65. The molecule has 0 saturated carbocycles. The number of carbonyl (C=O) groups excluding carboxylic acids is 1. The number of carboxylic acid groups (broad SMARTS) is 1. The maximum absolute atomic E-state index is 12.5. The van der Waals surface area contributed by atoms with Gasteiger partial charge in [-0.15, -0.1) is 0 Å². The molecule has 0 heterocycles. The Labute approximate surface area is 121 Å². The van der Waals surface area contributed by atoms with Gasteiger partial charge in [0.15, 0.2) is 6.04 Å². The third-order valence-electron chi connectivity index (χ3n) is 2.33. The van der Waals surface area contributed by atoms with E-state index < -0.39 is 36.4 Å². The summed E-state index contributed by atoms with van der Waals surface area (Å²) in [5, 5.41) is 21.0. The molecule has 0 bridgehead atoms. The number of alkyl halides is 3. The number of anilines is 1. The van der Waals surface area contributed by atoms with Crippen LogP contribution in [0.15, 0.2) is 18.2 Å². The van der Waals surface area contributed by atoms with Crippen molar-refractivity contribution < 1.29 is 33.0 Å². The second-order valence-electron chi connectivity index (χ2n) is 3.86. The maximum atomic E-state index is 12.5. The van der Waals surface area contributed by atoms with Gasteiger partial charge in [0.25, 0.3) is 0 Å². The van der Waals surface area contributed by atoms with Crippen LogP contribution in [0.4, 0.5) is 23.7 Å². The first-order valence-electron chi connectivity index (χ1n) is 5.43. The third kappa shape index (κ3) is 4.80. The molecule has 0 aliphatic carbocycles. The molecule has 1 unspecified atom stereocenters. The molecule has 0 saturated heterocycles. The van der Waals surface area contributed by atoms with Crippen molar-refractivity contribution in [2.75, 3.05) is 11.9 Å². The molecule has 0 spiro atoms. The molecule has 6 nitrogen and oxygen atoms in total. The van der Waals surface area contributed by atoms with Crippen molar-refractivity contribution in [1.82, 2.24) is 5.32 Å². The van der Waals surface area contributed by atoms with Crippen molar-refractivity contribution in [2.45, 2.75) is 12.2 Å². The van der Waals surface area contributed by atoms with E-state index in [2.05, 4.69) is 0 Å². The highest BCUT2D eigenvalue weighted by molar-refractivity contribution is 6.33. The zero-order valence-corrected chi connectivity index (χ0v) is 11.0. The summed E-state index contributed by atoms with van der Waals surface area (Å²) in [4.78, 5) is 22.1. The fourth-order valence-corrected chi connectivity index (χ4v) is 1.46. The number of carbonyl (C=O) groups is 2. The molecule has 0 aliphatic rings. The molecule has 1 aromatic carbocycles. The number of benzene rings is 1. The van der Waals surface area contributed by atoms with E-state index in [9.17, 15) is 22.8 Å². The van der Waals surface area contributed by atoms with E-state index in [0.29, 0.717) is 6.07 Å². The zero-order valence-electron chi connectivity index (χ0n) is 10.2. The second-order valence-corrected chi connectivity index (χ2v) is 4.27. The predicted octanol–water partition coefficient (Wildman–Crippen LogP) is 1.93. The number of hydrogen-bond acceptors (Lipinski definition) is 3. The number of nitrogens with one attached hydrogen (secondary N) is 2. The van der Waals surface area contributed by atoms with E-state index in [1.807, 2.05) is 10.6 Å². The Hall–Kier alpha value is -2.00. The Bertz CT molecular complexity index is 551. The highest BCUT2D eigenvalue weighted by Crippen LogP contribution is 2.33. The monoisotopic (exact) mass is 326 g/mol. The highest BCUT2D eigenvalue weighted by Gasteiger charge is 2.31. The normalized spacial score (nSPS) is 12.6. The quantitative estimate of drug-likeness (QED) is 0.679. The molecule has 21 heavy (non-hydrogen) atoms. The van der Waals surface area contributed by atoms with Crippen LogP contribution in [0, 0.1) is 0 Å². The van der Waals surface area contributed by atoms with E-state index in [0.717, 1.165) is 12.1 Å². The van der Waals surface area contributed by atoms with E-state index in [1.165, 1.54) is 0 Å². The molecule has 0 aromatic heterocycles. The van der Waals surface area contributed by atoms with E-state index in [-0.39, 0.29) is 10.7 Å². The van der Waals surface area contributed by atoms with Gasteiger partial charge in [0.2, 0.25) is 0 Å². The largest absolute Gasteiger partial charge is 0.480 e. The van der Waals surface area contributed by atoms with Crippen LogP contribution in [0.5, 0.6) is 0 Å². The average Bonchev–Trinajstić information content (AvgIpc) is 2.36. The smallest absolute Gasteiger partial charge is 0.416 e. The minimum absolute atomic E-state index is 0.158. The number of urea groups is 1. The second kappa shape index (κ2) is 6.64. The van der Waals surface area contributed by atoms with Crippen LogP contribution in [-0.4, -0.2) is 34.9 Å². The zero-order chi connectivity index (χ0) is 16.2. The molecule has 10 heteroatoms. The van der Waals surface area contributed by atoms with Crippen LogP contribution < -0.4 is 10.6 Å². The van der Waals surface area contributed by atoms with Crippen LogP contribution in [0.1, 0.15) is 5.56 Å². The lowest BCUT2D eigenvalue weighted by molar-refractivity contribution is -0.140. The summed E-state index contributed by atoms with van der Waals surface area (Å²) in [5.41, 5.74) is -1.37. The maximum Gasteiger partial charge on any atom is 0.416 e. The molecule has 0 fully saturated rings. The number of aliphatic hydroxyl groups is 1. The van der Waals surface area contributed by atoms with Crippen molar-refractivity contribution in [1.29, 1.82) is 0 Å². The number of halogens is 4. The summed E-state index contributed by atoms with van der Waals surface area (Å²) in [6, 6.07) is -0.413. The summed E-state index contributed by atoms with van der Waals surface area (Å²) in [6.07, 6.45) is -4.62. The summed E-state index contributed by atoms with van der Waals surface area (Å²) < 4.78 is 37.6. The van der Waals surface area contributed by atoms with Gasteiger partial charge in [-0.25, -0.2) is 9.59 Å². The van der Waals surface area contributed by atoms with Gasteiger partial charge in [-0.3, -0.25) is 0 Å². The predicted molar refractivity (Wildman–Crippen MR) is 67.1 cm³/mol. The minimum atomic E-state index is -4.62. The number of carboxylic acids is 1. The first-order valence-corrected chi connectivity index (χ1v) is 5.81. The number of amides is 2. The molecule has 1 aromatic rings. The Morgan fingerprint density at radius 2 is 1.95 bits per heavy atom. The van der Waals surface area contributed by atoms with Gasteiger partial charge in [0, 0.05) is 0 Å². The van der Waals surface area contributed by atoms with Crippen LogP contribution >= 0.6 is 11.6 Å². The highest BCUT2D eigenvalue weighted by atomic mass is 35.5. The van der Waals surface area contributed by atoms with Crippen molar-refractivity contribution in [3.05, 3.63) is 28.8 Å². The van der Waals surface area contributed by atoms with Crippen molar-refractivity contribution in [2.24, 2.45) is 0 Å². The van der Waals surface area contributed by atoms with Crippen molar-refractivity contribution >= 4 is 29.3 Å². The first kappa shape index (κ1) is 17.1. The molecule has 2 amide bonds. The Morgan fingerprint density at radius 3 is 2.43 bits per heavy atom. The molecule has 1 atom stereocenters. The van der Waals surface area contributed by atoms with E-state index in [4.69, 9.17) is 21.8 Å².